The van der Waals surface area contributed by atoms with Gasteiger partial charge >= 0.3 is 0 Å². The molecule has 1 aliphatic heterocycles. The summed E-state index contributed by atoms with van der Waals surface area (Å²) in [5.74, 6) is 1.33. The van der Waals surface area contributed by atoms with E-state index in [0.29, 0.717) is 10.9 Å². The van der Waals surface area contributed by atoms with Gasteiger partial charge in [-0.15, -0.1) is 11.3 Å². The van der Waals surface area contributed by atoms with E-state index < -0.39 is 5.54 Å². The first-order valence-electron chi connectivity index (χ1n) is 8.10. The average Bonchev–Trinajstić information content (AvgIpc) is 3.23. The monoisotopic (exact) mass is 345 g/mol. The molecule has 1 fully saturated rings. The molecule has 0 saturated heterocycles. The number of amides is 1. The lowest BCUT2D eigenvalue weighted by atomic mass is 9.82. The zero-order chi connectivity index (χ0) is 16.6. The van der Waals surface area contributed by atoms with E-state index >= 15 is 0 Å². The highest BCUT2D eigenvalue weighted by Gasteiger charge is 2.35. The lowest BCUT2D eigenvalue weighted by molar-refractivity contribution is -0.122. The maximum absolute atomic E-state index is 12.5. The first-order valence-corrected chi connectivity index (χ1v) is 8.98. The standard InChI is InChI=1S/C17H19N3O3S/c18-17(6-2-1-3-7-17)15(21)20-16-19-12(9-24-16)11-4-5-13-14(8-11)23-10-22-13/h4-5,8-9H,1-3,6-7,10,18H2,(H,19,20,21). The number of aromatic nitrogens is 1. The molecule has 2 aromatic rings. The largest absolute Gasteiger partial charge is 0.454 e. The predicted molar refractivity (Wildman–Crippen MR) is 92.3 cm³/mol. The second-order valence-corrected chi connectivity index (χ2v) is 7.13. The molecule has 2 heterocycles. The zero-order valence-electron chi connectivity index (χ0n) is 13.2. The van der Waals surface area contributed by atoms with Crippen LogP contribution in [0.25, 0.3) is 11.3 Å². The van der Waals surface area contributed by atoms with Gasteiger partial charge in [0.15, 0.2) is 16.6 Å². The fraction of sp³-hybridized carbons (Fsp3) is 0.412. The lowest BCUT2D eigenvalue weighted by Crippen LogP contribution is -2.52. The highest BCUT2D eigenvalue weighted by Crippen LogP contribution is 2.36. The van der Waals surface area contributed by atoms with E-state index in [-0.39, 0.29) is 12.7 Å². The van der Waals surface area contributed by atoms with Gasteiger partial charge in [-0.25, -0.2) is 4.98 Å². The quantitative estimate of drug-likeness (QED) is 0.892. The molecule has 2 aliphatic rings. The molecule has 0 spiro atoms. The van der Waals surface area contributed by atoms with E-state index in [4.69, 9.17) is 15.2 Å². The second kappa shape index (κ2) is 6.07. The van der Waals surface area contributed by atoms with Gasteiger partial charge in [0.2, 0.25) is 12.7 Å². The van der Waals surface area contributed by atoms with Crippen molar-refractivity contribution in [2.75, 3.05) is 12.1 Å². The van der Waals surface area contributed by atoms with Crippen molar-refractivity contribution in [1.82, 2.24) is 4.98 Å². The van der Waals surface area contributed by atoms with Gasteiger partial charge in [-0.1, -0.05) is 19.3 Å². The van der Waals surface area contributed by atoms with Gasteiger partial charge in [-0.2, -0.15) is 0 Å². The maximum atomic E-state index is 12.5. The summed E-state index contributed by atoms with van der Waals surface area (Å²) in [5, 5.41) is 5.37. The van der Waals surface area contributed by atoms with Crippen LogP contribution in [0.3, 0.4) is 0 Å². The van der Waals surface area contributed by atoms with E-state index in [0.717, 1.165) is 49.1 Å². The minimum atomic E-state index is -0.761. The summed E-state index contributed by atoms with van der Waals surface area (Å²) in [6, 6.07) is 5.69. The van der Waals surface area contributed by atoms with Gasteiger partial charge in [-0.05, 0) is 31.0 Å². The van der Waals surface area contributed by atoms with Crippen LogP contribution in [0, 0.1) is 0 Å². The number of fused-ring (bicyclic) bond motifs is 1. The number of benzene rings is 1. The van der Waals surface area contributed by atoms with Gasteiger partial charge in [0.1, 0.15) is 0 Å². The van der Waals surface area contributed by atoms with Crippen LogP contribution in [0.5, 0.6) is 11.5 Å². The minimum Gasteiger partial charge on any atom is -0.454 e. The van der Waals surface area contributed by atoms with Crippen LogP contribution < -0.4 is 20.5 Å². The van der Waals surface area contributed by atoms with Gasteiger partial charge in [0.25, 0.3) is 0 Å². The van der Waals surface area contributed by atoms with Gasteiger partial charge in [0.05, 0.1) is 11.2 Å². The fourth-order valence-electron chi connectivity index (χ4n) is 3.15. The number of nitrogens with two attached hydrogens (primary N) is 1. The summed E-state index contributed by atoms with van der Waals surface area (Å²) in [6.07, 6.45) is 4.63. The van der Waals surface area contributed by atoms with Crippen LogP contribution in [0.4, 0.5) is 5.13 Å². The summed E-state index contributed by atoms with van der Waals surface area (Å²) >= 11 is 1.40. The molecular weight excluding hydrogens is 326 g/mol. The molecule has 7 heteroatoms. The van der Waals surface area contributed by atoms with Crippen LogP contribution in [-0.2, 0) is 4.79 Å². The minimum absolute atomic E-state index is 0.131. The van der Waals surface area contributed by atoms with Crippen LogP contribution >= 0.6 is 11.3 Å². The summed E-state index contributed by atoms with van der Waals surface area (Å²) in [5.41, 5.74) is 7.22. The fourth-order valence-corrected chi connectivity index (χ4v) is 3.87. The van der Waals surface area contributed by atoms with Crippen molar-refractivity contribution < 1.29 is 14.3 Å². The summed E-state index contributed by atoms with van der Waals surface area (Å²) in [7, 11) is 0. The molecule has 1 aliphatic carbocycles. The Bertz CT molecular complexity index is 768. The highest BCUT2D eigenvalue weighted by molar-refractivity contribution is 7.14. The number of ether oxygens (including phenoxy) is 2. The van der Waals surface area contributed by atoms with E-state index in [2.05, 4.69) is 10.3 Å². The molecule has 1 amide bonds. The summed E-state index contributed by atoms with van der Waals surface area (Å²) in [4.78, 5) is 17.0. The number of thiazole rings is 1. The van der Waals surface area contributed by atoms with Crippen LogP contribution in [0.1, 0.15) is 32.1 Å². The Balaban J connectivity index is 1.49. The van der Waals surface area contributed by atoms with E-state index in [1.54, 1.807) is 0 Å². The number of anilines is 1. The highest BCUT2D eigenvalue weighted by atomic mass is 32.1. The molecule has 0 atom stereocenters. The summed E-state index contributed by atoms with van der Waals surface area (Å²) < 4.78 is 10.7. The average molecular weight is 345 g/mol. The third-order valence-electron chi connectivity index (χ3n) is 4.59. The normalized spacial score (nSPS) is 18.4. The molecule has 0 unspecified atom stereocenters. The summed E-state index contributed by atoms with van der Waals surface area (Å²) in [6.45, 7) is 0.246. The lowest BCUT2D eigenvalue weighted by Gasteiger charge is -2.31. The van der Waals surface area contributed by atoms with E-state index in [1.807, 2.05) is 23.6 Å². The Hall–Kier alpha value is -2.12. The second-order valence-electron chi connectivity index (χ2n) is 6.28. The van der Waals surface area contributed by atoms with Crippen molar-refractivity contribution in [3.63, 3.8) is 0 Å². The Morgan fingerprint density at radius 3 is 2.83 bits per heavy atom. The van der Waals surface area contributed by atoms with Crippen molar-refractivity contribution in [1.29, 1.82) is 0 Å². The number of rotatable bonds is 3. The number of carbonyl (C=O) groups is 1. The molecule has 6 nitrogen and oxygen atoms in total. The zero-order valence-corrected chi connectivity index (χ0v) is 14.0. The SMILES string of the molecule is NC1(C(=O)Nc2nc(-c3ccc4c(c3)OCO4)cs2)CCCCC1. The number of hydrogen-bond acceptors (Lipinski definition) is 6. The molecule has 126 valence electrons. The van der Waals surface area contributed by atoms with Gasteiger partial charge in [0, 0.05) is 10.9 Å². The van der Waals surface area contributed by atoms with Crippen LogP contribution in [0.15, 0.2) is 23.6 Å². The Morgan fingerprint density at radius 1 is 1.21 bits per heavy atom. The topological polar surface area (TPSA) is 86.5 Å². The van der Waals surface area contributed by atoms with Gasteiger partial charge < -0.3 is 20.5 Å². The number of carbonyl (C=O) groups excluding carboxylic acids is 1. The van der Waals surface area contributed by atoms with Crippen LogP contribution in [0.2, 0.25) is 0 Å². The van der Waals surface area contributed by atoms with Crippen molar-refractivity contribution in [3.8, 4) is 22.8 Å². The van der Waals surface area contributed by atoms with E-state index in [1.165, 1.54) is 11.3 Å². The van der Waals surface area contributed by atoms with Crippen molar-refractivity contribution in [2.24, 2.45) is 5.73 Å². The Labute approximate surface area is 144 Å². The molecule has 24 heavy (non-hydrogen) atoms. The number of nitrogens with zero attached hydrogens (tertiary/aromatic N) is 1. The van der Waals surface area contributed by atoms with Crippen molar-refractivity contribution in [2.45, 2.75) is 37.6 Å². The Morgan fingerprint density at radius 2 is 2.00 bits per heavy atom. The molecule has 3 N–H and O–H groups in total. The molecule has 1 aromatic carbocycles. The maximum Gasteiger partial charge on any atom is 0.246 e. The van der Waals surface area contributed by atoms with E-state index in [9.17, 15) is 4.79 Å². The predicted octanol–water partition coefficient (Wildman–Crippen LogP) is 3.14. The molecule has 1 saturated carbocycles. The molecule has 0 bridgehead atoms. The third-order valence-corrected chi connectivity index (χ3v) is 5.35. The first kappa shape index (κ1) is 15.4. The molecular formula is C17H19N3O3S. The molecule has 1 aromatic heterocycles. The third kappa shape index (κ3) is 2.85. The Kier molecular flexibility index (Phi) is 3.90. The van der Waals surface area contributed by atoms with Gasteiger partial charge in [-0.3, -0.25) is 4.79 Å². The number of hydrogen-bond donors (Lipinski definition) is 2. The van der Waals surface area contributed by atoms with Crippen molar-refractivity contribution >= 4 is 22.4 Å². The smallest absolute Gasteiger partial charge is 0.246 e. The first-order chi connectivity index (χ1) is 11.6. The van der Waals surface area contributed by atoms with Crippen molar-refractivity contribution in [3.05, 3.63) is 23.6 Å². The van der Waals surface area contributed by atoms with Crippen LogP contribution in [-0.4, -0.2) is 23.2 Å². The molecule has 0 radical (unpaired) electrons. The molecule has 4 rings (SSSR count). The number of nitrogens with one attached hydrogen (secondary N) is 1.